The van der Waals surface area contributed by atoms with Crippen LogP contribution in [0.5, 0.6) is 0 Å². The molecule has 1 aliphatic heterocycles. The molecule has 1 aliphatic rings. The summed E-state index contributed by atoms with van der Waals surface area (Å²) >= 11 is 0. The Hall–Kier alpha value is -0.920. The first-order chi connectivity index (χ1) is 8.65. The lowest BCUT2D eigenvalue weighted by atomic mass is 10.0. The van der Waals surface area contributed by atoms with Gasteiger partial charge in [-0.2, -0.15) is 0 Å². The maximum absolute atomic E-state index is 12.7. The molecule has 0 saturated carbocycles. The van der Waals surface area contributed by atoms with Gasteiger partial charge in [0.05, 0.1) is 18.4 Å². The third kappa shape index (κ3) is 4.93. The van der Waals surface area contributed by atoms with Crippen molar-refractivity contribution in [3.63, 3.8) is 0 Å². The van der Waals surface area contributed by atoms with Gasteiger partial charge in [-0.05, 0) is 30.9 Å². The zero-order valence-electron chi connectivity index (χ0n) is 11.1. The molecule has 1 fully saturated rings. The molecule has 2 heterocycles. The summed E-state index contributed by atoms with van der Waals surface area (Å²) < 4.78 is 12.7. The van der Waals surface area contributed by atoms with Crippen molar-refractivity contribution in [2.45, 2.75) is 26.3 Å². The van der Waals surface area contributed by atoms with Crippen LogP contribution in [0.15, 0.2) is 23.3 Å². The Morgan fingerprint density at radius 1 is 1.58 bits per heavy atom. The van der Waals surface area contributed by atoms with Crippen molar-refractivity contribution >= 4 is 29.9 Å². The number of hydrogen-bond acceptors (Lipinski definition) is 2. The summed E-state index contributed by atoms with van der Waals surface area (Å²) in [6, 6.07) is 3.02. The summed E-state index contributed by atoms with van der Waals surface area (Å²) in [5.41, 5.74) is 6.69. The summed E-state index contributed by atoms with van der Waals surface area (Å²) in [4.78, 5) is 10.4. The summed E-state index contributed by atoms with van der Waals surface area (Å²) in [7, 11) is 0. The van der Waals surface area contributed by atoms with E-state index in [2.05, 4.69) is 21.8 Å². The van der Waals surface area contributed by atoms with Gasteiger partial charge >= 0.3 is 0 Å². The van der Waals surface area contributed by atoms with E-state index in [4.69, 9.17) is 5.73 Å². The third-order valence-corrected chi connectivity index (χ3v) is 3.17. The average molecular weight is 378 g/mol. The fourth-order valence-corrected chi connectivity index (χ4v) is 2.16. The number of halogens is 2. The number of pyridine rings is 1. The van der Waals surface area contributed by atoms with E-state index < -0.39 is 0 Å². The topological polar surface area (TPSA) is 54.5 Å². The smallest absolute Gasteiger partial charge is 0.191 e. The predicted octanol–water partition coefficient (Wildman–Crippen LogP) is 2.39. The predicted molar refractivity (Wildman–Crippen MR) is 84.9 cm³/mol. The summed E-state index contributed by atoms with van der Waals surface area (Å²) in [6.07, 6.45) is 3.61. The zero-order valence-corrected chi connectivity index (χ0v) is 13.4. The van der Waals surface area contributed by atoms with E-state index in [-0.39, 0.29) is 29.8 Å². The highest BCUT2D eigenvalue weighted by molar-refractivity contribution is 14.0. The van der Waals surface area contributed by atoms with Crippen molar-refractivity contribution < 1.29 is 4.39 Å². The van der Waals surface area contributed by atoms with Crippen LogP contribution in [0.2, 0.25) is 0 Å². The molecule has 6 heteroatoms. The molecule has 0 spiro atoms. The average Bonchev–Trinajstić information content (AvgIpc) is 2.38. The second-order valence-corrected chi connectivity index (χ2v) is 4.84. The van der Waals surface area contributed by atoms with Gasteiger partial charge in [-0.25, -0.2) is 9.38 Å². The minimum Gasteiger partial charge on any atom is -0.370 e. The number of nitrogens with two attached hydrogens (primary N) is 1. The number of aromatic nitrogens is 1. The number of nitrogens with zero attached hydrogens (tertiary/aromatic N) is 3. The Kier molecular flexibility index (Phi) is 6.47. The molecule has 1 saturated heterocycles. The van der Waals surface area contributed by atoms with Crippen LogP contribution >= 0.6 is 24.0 Å². The van der Waals surface area contributed by atoms with Crippen molar-refractivity contribution in [2.75, 3.05) is 13.1 Å². The Labute approximate surface area is 130 Å². The quantitative estimate of drug-likeness (QED) is 0.489. The second-order valence-electron chi connectivity index (χ2n) is 4.84. The lowest BCUT2D eigenvalue weighted by Gasteiger charge is -2.31. The van der Waals surface area contributed by atoms with Gasteiger partial charge in [-0.1, -0.05) is 6.92 Å². The second kappa shape index (κ2) is 7.62. The van der Waals surface area contributed by atoms with Crippen molar-refractivity contribution in [3.8, 4) is 0 Å². The van der Waals surface area contributed by atoms with Crippen LogP contribution in [0.4, 0.5) is 4.39 Å². The molecule has 106 valence electrons. The SMILES string of the molecule is CC1CCCN(C(N)=NCc2ccc(F)cn2)C1.I. The normalized spacial score (nSPS) is 20.0. The lowest BCUT2D eigenvalue weighted by molar-refractivity contribution is 0.270. The minimum absolute atomic E-state index is 0. The van der Waals surface area contributed by atoms with Gasteiger partial charge < -0.3 is 10.6 Å². The van der Waals surface area contributed by atoms with E-state index in [0.717, 1.165) is 25.2 Å². The molecule has 0 aliphatic carbocycles. The van der Waals surface area contributed by atoms with E-state index in [1.807, 2.05) is 0 Å². The van der Waals surface area contributed by atoms with Gasteiger partial charge in [-0.3, -0.25) is 4.98 Å². The van der Waals surface area contributed by atoms with Crippen LogP contribution in [0.1, 0.15) is 25.5 Å². The van der Waals surface area contributed by atoms with Crippen molar-refractivity contribution in [1.82, 2.24) is 9.88 Å². The highest BCUT2D eigenvalue weighted by Crippen LogP contribution is 2.15. The largest absolute Gasteiger partial charge is 0.370 e. The summed E-state index contributed by atoms with van der Waals surface area (Å²) in [5, 5.41) is 0. The van der Waals surface area contributed by atoms with E-state index >= 15 is 0 Å². The summed E-state index contributed by atoms with van der Waals surface area (Å²) in [6.45, 7) is 4.56. The van der Waals surface area contributed by atoms with Crippen LogP contribution in [0.3, 0.4) is 0 Å². The highest BCUT2D eigenvalue weighted by atomic mass is 127. The van der Waals surface area contributed by atoms with Gasteiger partial charge in [0.15, 0.2) is 5.96 Å². The first-order valence-electron chi connectivity index (χ1n) is 6.30. The number of piperidine rings is 1. The first-order valence-corrected chi connectivity index (χ1v) is 6.30. The standard InChI is InChI=1S/C13H19FN4.HI/c1-10-3-2-6-18(9-10)13(15)17-8-12-5-4-11(14)7-16-12;/h4-5,7,10H,2-3,6,8-9H2,1H3,(H2,15,17);1H. The Morgan fingerprint density at radius 3 is 3.00 bits per heavy atom. The van der Waals surface area contributed by atoms with Crippen molar-refractivity contribution in [1.29, 1.82) is 0 Å². The molecule has 1 aromatic rings. The van der Waals surface area contributed by atoms with E-state index in [1.165, 1.54) is 18.7 Å². The van der Waals surface area contributed by atoms with E-state index in [0.29, 0.717) is 18.4 Å². The van der Waals surface area contributed by atoms with Crippen LogP contribution in [-0.4, -0.2) is 28.9 Å². The highest BCUT2D eigenvalue weighted by Gasteiger charge is 2.17. The van der Waals surface area contributed by atoms with Crippen molar-refractivity contribution in [2.24, 2.45) is 16.6 Å². The number of rotatable bonds is 2. The number of guanidine groups is 1. The van der Waals surface area contributed by atoms with Crippen molar-refractivity contribution in [3.05, 3.63) is 29.8 Å². The molecule has 0 radical (unpaired) electrons. The zero-order chi connectivity index (χ0) is 13.0. The van der Waals surface area contributed by atoms with Gasteiger partial charge in [-0.15, -0.1) is 24.0 Å². The van der Waals surface area contributed by atoms with Crippen LogP contribution in [0, 0.1) is 11.7 Å². The van der Waals surface area contributed by atoms with Crippen LogP contribution in [-0.2, 0) is 6.54 Å². The molecule has 0 amide bonds. The van der Waals surface area contributed by atoms with Gasteiger partial charge in [0.1, 0.15) is 5.82 Å². The van der Waals surface area contributed by atoms with Crippen LogP contribution < -0.4 is 5.73 Å². The fraction of sp³-hybridized carbons (Fsp3) is 0.538. The Morgan fingerprint density at radius 2 is 2.37 bits per heavy atom. The first kappa shape index (κ1) is 16.1. The van der Waals surface area contributed by atoms with E-state index in [1.54, 1.807) is 6.07 Å². The molecular weight excluding hydrogens is 358 g/mol. The minimum atomic E-state index is -0.333. The number of hydrogen-bond donors (Lipinski definition) is 1. The Balaban J connectivity index is 0.00000180. The molecule has 19 heavy (non-hydrogen) atoms. The maximum atomic E-state index is 12.7. The molecule has 0 bridgehead atoms. The van der Waals surface area contributed by atoms with E-state index in [9.17, 15) is 4.39 Å². The number of likely N-dealkylation sites (tertiary alicyclic amines) is 1. The van der Waals surface area contributed by atoms with Crippen LogP contribution in [0.25, 0.3) is 0 Å². The monoisotopic (exact) mass is 378 g/mol. The molecule has 0 aromatic carbocycles. The van der Waals surface area contributed by atoms with Gasteiger partial charge in [0.25, 0.3) is 0 Å². The molecule has 1 atom stereocenters. The lowest BCUT2D eigenvalue weighted by Crippen LogP contribution is -2.43. The molecule has 1 aromatic heterocycles. The van der Waals surface area contributed by atoms with Gasteiger partial charge in [0, 0.05) is 13.1 Å². The fourth-order valence-electron chi connectivity index (χ4n) is 2.16. The molecule has 1 unspecified atom stereocenters. The molecule has 2 rings (SSSR count). The Bertz CT molecular complexity index is 421. The third-order valence-electron chi connectivity index (χ3n) is 3.17. The number of aliphatic imine (C=N–C) groups is 1. The molecular formula is C13H20FIN4. The molecule has 4 nitrogen and oxygen atoms in total. The maximum Gasteiger partial charge on any atom is 0.191 e. The molecule has 2 N–H and O–H groups in total. The van der Waals surface area contributed by atoms with Gasteiger partial charge in [0.2, 0.25) is 0 Å². The summed E-state index contributed by atoms with van der Waals surface area (Å²) in [5.74, 6) is 0.893.